The van der Waals surface area contributed by atoms with Crippen LogP contribution in [0.1, 0.15) is 20.8 Å². The molecule has 0 saturated heterocycles. The normalized spacial score (nSPS) is 10.6. The van der Waals surface area contributed by atoms with Crippen LogP contribution in [0.25, 0.3) is 0 Å². The highest BCUT2D eigenvalue weighted by atomic mass is 16.5. The molecule has 0 saturated carbocycles. The van der Waals surface area contributed by atoms with Gasteiger partial charge < -0.3 is 9.47 Å². The first-order valence-electron chi connectivity index (χ1n) is 4.49. The molecule has 14 heavy (non-hydrogen) atoms. The van der Waals surface area contributed by atoms with E-state index in [0.29, 0.717) is 0 Å². The standard InChI is InChI=1S/C10H16O4/c1-8(2)10(12)14-7-5-4-6-13-9(3)11/h4-5,8H,6-7H2,1-3H3/b5-4-. The first-order chi connectivity index (χ1) is 6.54. The molecule has 0 unspecified atom stereocenters. The summed E-state index contributed by atoms with van der Waals surface area (Å²) >= 11 is 0. The molecule has 4 heteroatoms. The molecule has 0 aliphatic rings. The van der Waals surface area contributed by atoms with Crippen molar-refractivity contribution in [3.05, 3.63) is 12.2 Å². The minimum absolute atomic E-state index is 0.114. The van der Waals surface area contributed by atoms with E-state index in [1.807, 2.05) is 0 Å². The van der Waals surface area contributed by atoms with E-state index in [4.69, 9.17) is 4.74 Å². The Morgan fingerprint density at radius 3 is 2.07 bits per heavy atom. The number of carbonyl (C=O) groups is 2. The van der Waals surface area contributed by atoms with E-state index < -0.39 is 0 Å². The molecule has 80 valence electrons. The third-order valence-electron chi connectivity index (χ3n) is 1.34. The van der Waals surface area contributed by atoms with Gasteiger partial charge in [0.2, 0.25) is 0 Å². The Hall–Kier alpha value is -1.32. The van der Waals surface area contributed by atoms with Crippen molar-refractivity contribution in [2.45, 2.75) is 20.8 Å². The summed E-state index contributed by atoms with van der Waals surface area (Å²) in [4.78, 5) is 21.3. The van der Waals surface area contributed by atoms with Crippen molar-refractivity contribution in [1.29, 1.82) is 0 Å². The summed E-state index contributed by atoms with van der Waals surface area (Å²) in [5.74, 6) is -0.673. The van der Waals surface area contributed by atoms with E-state index >= 15 is 0 Å². The zero-order valence-electron chi connectivity index (χ0n) is 8.78. The van der Waals surface area contributed by atoms with Crippen LogP contribution in [0, 0.1) is 5.92 Å². The van der Waals surface area contributed by atoms with E-state index in [2.05, 4.69) is 4.74 Å². The molecule has 0 heterocycles. The van der Waals surface area contributed by atoms with Crippen LogP contribution in [-0.2, 0) is 19.1 Å². The van der Waals surface area contributed by atoms with Crippen molar-refractivity contribution in [3.8, 4) is 0 Å². The van der Waals surface area contributed by atoms with Gasteiger partial charge >= 0.3 is 11.9 Å². The number of carbonyl (C=O) groups excluding carboxylic acids is 2. The fourth-order valence-corrected chi connectivity index (χ4v) is 0.598. The molecular weight excluding hydrogens is 184 g/mol. The zero-order chi connectivity index (χ0) is 11.0. The molecule has 0 radical (unpaired) electrons. The summed E-state index contributed by atoms with van der Waals surface area (Å²) in [7, 11) is 0. The second-order valence-electron chi connectivity index (χ2n) is 3.06. The molecule has 0 aliphatic carbocycles. The van der Waals surface area contributed by atoms with E-state index in [1.165, 1.54) is 6.92 Å². The fraction of sp³-hybridized carbons (Fsp3) is 0.600. The van der Waals surface area contributed by atoms with Gasteiger partial charge in [0.15, 0.2) is 0 Å². The van der Waals surface area contributed by atoms with Crippen LogP contribution in [0.4, 0.5) is 0 Å². The maximum Gasteiger partial charge on any atom is 0.308 e. The number of hydrogen-bond donors (Lipinski definition) is 0. The second kappa shape index (κ2) is 7.12. The van der Waals surface area contributed by atoms with Gasteiger partial charge in [-0.2, -0.15) is 0 Å². The average molecular weight is 200 g/mol. The number of rotatable bonds is 5. The van der Waals surface area contributed by atoms with Crippen LogP contribution in [0.3, 0.4) is 0 Å². The summed E-state index contributed by atoms with van der Waals surface area (Å²) in [6, 6.07) is 0. The Morgan fingerprint density at radius 2 is 1.64 bits per heavy atom. The summed E-state index contributed by atoms with van der Waals surface area (Å²) in [6.45, 7) is 5.31. The molecule has 0 N–H and O–H groups in total. The molecule has 0 aromatic heterocycles. The van der Waals surface area contributed by atoms with Crippen molar-refractivity contribution in [2.75, 3.05) is 13.2 Å². The van der Waals surface area contributed by atoms with Gasteiger partial charge in [-0.15, -0.1) is 0 Å². The molecule has 0 rings (SSSR count). The lowest BCUT2D eigenvalue weighted by atomic mass is 10.2. The molecule has 0 fully saturated rings. The smallest absolute Gasteiger partial charge is 0.308 e. The monoisotopic (exact) mass is 200 g/mol. The van der Waals surface area contributed by atoms with E-state index in [9.17, 15) is 9.59 Å². The third-order valence-corrected chi connectivity index (χ3v) is 1.34. The summed E-state index contributed by atoms with van der Waals surface area (Å²) in [6.07, 6.45) is 3.28. The first-order valence-corrected chi connectivity index (χ1v) is 4.49. The van der Waals surface area contributed by atoms with Crippen LogP contribution >= 0.6 is 0 Å². The van der Waals surface area contributed by atoms with Crippen molar-refractivity contribution in [2.24, 2.45) is 5.92 Å². The largest absolute Gasteiger partial charge is 0.462 e. The van der Waals surface area contributed by atoms with E-state index in [-0.39, 0.29) is 31.1 Å². The van der Waals surface area contributed by atoms with Crippen molar-refractivity contribution < 1.29 is 19.1 Å². The molecule has 0 atom stereocenters. The Labute approximate surface area is 83.9 Å². The summed E-state index contributed by atoms with van der Waals surface area (Å²) < 4.78 is 9.47. The Balaban J connectivity index is 3.44. The molecule has 0 amide bonds. The van der Waals surface area contributed by atoms with Gasteiger partial charge in [-0.3, -0.25) is 9.59 Å². The van der Waals surface area contributed by atoms with Crippen molar-refractivity contribution >= 4 is 11.9 Å². The fourth-order valence-electron chi connectivity index (χ4n) is 0.598. The lowest BCUT2D eigenvalue weighted by molar-refractivity contribution is -0.146. The minimum Gasteiger partial charge on any atom is -0.462 e. The average Bonchev–Trinajstić information content (AvgIpc) is 2.09. The molecule has 0 spiro atoms. The number of hydrogen-bond acceptors (Lipinski definition) is 4. The maximum atomic E-state index is 10.9. The van der Waals surface area contributed by atoms with Crippen LogP contribution < -0.4 is 0 Å². The van der Waals surface area contributed by atoms with Crippen LogP contribution in [0.5, 0.6) is 0 Å². The second-order valence-corrected chi connectivity index (χ2v) is 3.06. The first kappa shape index (κ1) is 12.7. The Morgan fingerprint density at radius 1 is 1.14 bits per heavy atom. The predicted molar refractivity (Wildman–Crippen MR) is 51.6 cm³/mol. The van der Waals surface area contributed by atoms with E-state index in [1.54, 1.807) is 26.0 Å². The van der Waals surface area contributed by atoms with Gasteiger partial charge in [-0.25, -0.2) is 0 Å². The van der Waals surface area contributed by atoms with Crippen LogP contribution in [0.2, 0.25) is 0 Å². The molecular formula is C10H16O4. The van der Waals surface area contributed by atoms with Gasteiger partial charge in [0, 0.05) is 6.92 Å². The minimum atomic E-state index is -0.325. The molecule has 4 nitrogen and oxygen atoms in total. The van der Waals surface area contributed by atoms with Crippen LogP contribution in [-0.4, -0.2) is 25.2 Å². The van der Waals surface area contributed by atoms with Crippen molar-refractivity contribution in [3.63, 3.8) is 0 Å². The van der Waals surface area contributed by atoms with E-state index in [0.717, 1.165) is 0 Å². The molecule has 0 bridgehead atoms. The lowest BCUT2D eigenvalue weighted by Crippen LogP contribution is -2.11. The highest BCUT2D eigenvalue weighted by molar-refractivity contribution is 5.71. The number of esters is 2. The van der Waals surface area contributed by atoms with Gasteiger partial charge in [0.25, 0.3) is 0 Å². The van der Waals surface area contributed by atoms with Gasteiger partial charge in [-0.05, 0) is 12.2 Å². The Bertz CT molecular complexity index is 218. The van der Waals surface area contributed by atoms with Crippen LogP contribution in [0.15, 0.2) is 12.2 Å². The quantitative estimate of drug-likeness (QED) is 0.496. The zero-order valence-corrected chi connectivity index (χ0v) is 8.78. The molecule has 0 aliphatic heterocycles. The highest BCUT2D eigenvalue weighted by Gasteiger charge is 2.05. The maximum absolute atomic E-state index is 10.9. The number of ether oxygens (including phenoxy) is 2. The van der Waals surface area contributed by atoms with Gasteiger partial charge in [0.05, 0.1) is 5.92 Å². The molecule has 0 aromatic rings. The van der Waals surface area contributed by atoms with Crippen molar-refractivity contribution in [1.82, 2.24) is 0 Å². The van der Waals surface area contributed by atoms with Gasteiger partial charge in [-0.1, -0.05) is 13.8 Å². The summed E-state index contributed by atoms with van der Waals surface area (Å²) in [5, 5.41) is 0. The highest BCUT2D eigenvalue weighted by Crippen LogP contribution is 1.95. The SMILES string of the molecule is CC(=O)OC/C=C\COC(=O)C(C)C. The topological polar surface area (TPSA) is 52.6 Å². The lowest BCUT2D eigenvalue weighted by Gasteiger charge is -2.03. The predicted octanol–water partition coefficient (Wildman–Crippen LogP) is 1.30. The Kier molecular flexibility index (Phi) is 6.45. The molecule has 0 aromatic carbocycles. The van der Waals surface area contributed by atoms with Gasteiger partial charge in [0.1, 0.15) is 13.2 Å². The summed E-state index contributed by atoms with van der Waals surface area (Å²) in [5.41, 5.74) is 0. The third kappa shape index (κ3) is 7.34.